The minimum atomic E-state index is -0.424. The van der Waals surface area contributed by atoms with Gasteiger partial charge in [0.2, 0.25) is 0 Å². The van der Waals surface area contributed by atoms with Crippen LogP contribution in [-0.2, 0) is 6.42 Å². The lowest BCUT2D eigenvalue weighted by molar-refractivity contribution is 0.282. The molecule has 5 rings (SSSR count). The Hall–Kier alpha value is -2.02. The van der Waals surface area contributed by atoms with E-state index in [1.807, 2.05) is 16.7 Å². The standard InChI is InChI=1S/C16H16ClF2N5/c1-2-13-14(19)16(22-8-21-13)23-6-10-4-11(7-23)24(10)15-12(18)3-9(17)5-20-15/h3,5,8,10-11H,2,4,6-7H2,1H3. The summed E-state index contributed by atoms with van der Waals surface area (Å²) in [7, 11) is 0. The van der Waals surface area contributed by atoms with E-state index in [-0.39, 0.29) is 22.9 Å². The van der Waals surface area contributed by atoms with E-state index in [1.165, 1.54) is 18.6 Å². The molecule has 3 aliphatic rings. The molecule has 5 nitrogen and oxygen atoms in total. The molecule has 0 aromatic carbocycles. The van der Waals surface area contributed by atoms with Gasteiger partial charge >= 0.3 is 0 Å². The summed E-state index contributed by atoms with van der Waals surface area (Å²) >= 11 is 5.77. The summed E-state index contributed by atoms with van der Waals surface area (Å²) in [5.74, 6) is -0.130. The van der Waals surface area contributed by atoms with Crippen LogP contribution in [0.1, 0.15) is 19.0 Å². The van der Waals surface area contributed by atoms with Crippen LogP contribution < -0.4 is 9.80 Å². The summed E-state index contributed by atoms with van der Waals surface area (Å²) < 4.78 is 28.6. The number of fused-ring (bicyclic) bond motifs is 2. The molecule has 3 saturated heterocycles. The average Bonchev–Trinajstić information content (AvgIpc) is 2.57. The van der Waals surface area contributed by atoms with Crippen LogP contribution in [0, 0.1) is 11.6 Å². The maximum Gasteiger partial charge on any atom is 0.187 e. The van der Waals surface area contributed by atoms with E-state index in [4.69, 9.17) is 11.6 Å². The molecule has 0 aliphatic carbocycles. The number of piperazine rings is 1. The molecule has 0 spiro atoms. The van der Waals surface area contributed by atoms with Gasteiger partial charge in [-0.05, 0) is 18.9 Å². The van der Waals surface area contributed by atoms with Crippen LogP contribution in [0.3, 0.4) is 0 Å². The predicted octanol–water partition coefficient (Wildman–Crippen LogP) is 2.83. The van der Waals surface area contributed by atoms with Crippen molar-refractivity contribution in [3.63, 3.8) is 0 Å². The second kappa shape index (κ2) is 5.81. The number of nitrogens with zero attached hydrogens (tertiary/aromatic N) is 5. The molecule has 24 heavy (non-hydrogen) atoms. The Morgan fingerprint density at radius 3 is 2.58 bits per heavy atom. The van der Waals surface area contributed by atoms with Crippen LogP contribution >= 0.6 is 11.6 Å². The summed E-state index contributed by atoms with van der Waals surface area (Å²) in [5, 5.41) is 0.277. The number of aromatic nitrogens is 3. The maximum absolute atomic E-state index is 14.5. The van der Waals surface area contributed by atoms with Gasteiger partial charge < -0.3 is 9.80 Å². The van der Waals surface area contributed by atoms with Crippen molar-refractivity contribution in [1.29, 1.82) is 0 Å². The summed E-state index contributed by atoms with van der Waals surface area (Å²) in [5.41, 5.74) is 0.418. The minimum Gasteiger partial charge on any atom is -0.350 e. The Morgan fingerprint density at radius 1 is 1.17 bits per heavy atom. The van der Waals surface area contributed by atoms with Crippen LogP contribution in [-0.4, -0.2) is 40.1 Å². The van der Waals surface area contributed by atoms with Crippen molar-refractivity contribution in [3.05, 3.63) is 40.9 Å². The number of halogens is 3. The van der Waals surface area contributed by atoms with Crippen molar-refractivity contribution in [2.24, 2.45) is 0 Å². The third-order valence-corrected chi connectivity index (χ3v) is 4.91. The van der Waals surface area contributed by atoms with Crippen molar-refractivity contribution < 1.29 is 8.78 Å². The van der Waals surface area contributed by atoms with E-state index in [0.717, 1.165) is 6.42 Å². The zero-order valence-corrected chi connectivity index (χ0v) is 13.8. The Bertz CT molecular complexity index is 775. The van der Waals surface area contributed by atoms with Gasteiger partial charge in [0.25, 0.3) is 0 Å². The SMILES string of the molecule is CCc1ncnc(N2CC3CC(C2)N3c2ncc(Cl)cc2F)c1F. The third-order valence-electron chi connectivity index (χ3n) is 4.70. The van der Waals surface area contributed by atoms with Crippen LogP contribution in [0.4, 0.5) is 20.4 Å². The number of pyridine rings is 1. The fraction of sp³-hybridized carbons (Fsp3) is 0.438. The Morgan fingerprint density at radius 2 is 1.92 bits per heavy atom. The molecule has 2 unspecified atom stereocenters. The highest BCUT2D eigenvalue weighted by Gasteiger charge is 2.47. The molecule has 3 fully saturated rings. The molecule has 2 aromatic heterocycles. The normalized spacial score (nSPS) is 22.5. The van der Waals surface area contributed by atoms with Crippen molar-refractivity contribution in [1.82, 2.24) is 15.0 Å². The quantitative estimate of drug-likeness (QED) is 0.851. The smallest absolute Gasteiger partial charge is 0.187 e. The molecule has 5 heterocycles. The minimum absolute atomic E-state index is 0.0892. The number of hydrogen-bond acceptors (Lipinski definition) is 5. The fourth-order valence-corrected chi connectivity index (χ4v) is 3.73. The number of rotatable bonds is 3. The number of hydrogen-bond donors (Lipinski definition) is 0. The molecule has 2 aromatic rings. The van der Waals surface area contributed by atoms with Crippen molar-refractivity contribution in [2.75, 3.05) is 22.9 Å². The molecule has 2 bridgehead atoms. The number of piperidine rings is 1. The monoisotopic (exact) mass is 351 g/mol. The van der Waals surface area contributed by atoms with E-state index in [2.05, 4.69) is 15.0 Å². The van der Waals surface area contributed by atoms with Gasteiger partial charge in [0.05, 0.1) is 22.8 Å². The van der Waals surface area contributed by atoms with Crippen molar-refractivity contribution >= 4 is 23.2 Å². The first-order valence-corrected chi connectivity index (χ1v) is 8.30. The molecule has 126 valence electrons. The molecule has 0 radical (unpaired) electrons. The fourth-order valence-electron chi connectivity index (χ4n) is 3.59. The second-order valence-corrected chi connectivity index (χ2v) is 6.56. The van der Waals surface area contributed by atoms with Crippen LogP contribution in [0.15, 0.2) is 18.6 Å². The Kier molecular flexibility index (Phi) is 3.75. The largest absolute Gasteiger partial charge is 0.350 e. The van der Waals surface area contributed by atoms with E-state index in [0.29, 0.717) is 36.8 Å². The zero-order valence-electron chi connectivity index (χ0n) is 13.1. The third kappa shape index (κ3) is 2.38. The molecule has 0 saturated carbocycles. The van der Waals surface area contributed by atoms with Gasteiger partial charge in [-0.3, -0.25) is 0 Å². The summed E-state index contributed by atoms with van der Waals surface area (Å²) in [4.78, 5) is 16.1. The Labute approximate surface area is 143 Å². The van der Waals surface area contributed by atoms with Crippen LogP contribution in [0.25, 0.3) is 0 Å². The molecule has 0 N–H and O–H groups in total. The molecule has 2 atom stereocenters. The van der Waals surface area contributed by atoms with Gasteiger partial charge in [-0.2, -0.15) is 0 Å². The highest BCUT2D eigenvalue weighted by Crippen LogP contribution is 2.39. The van der Waals surface area contributed by atoms with E-state index >= 15 is 0 Å². The first-order chi connectivity index (χ1) is 11.6. The zero-order chi connectivity index (χ0) is 16.8. The van der Waals surface area contributed by atoms with Gasteiger partial charge in [0.15, 0.2) is 23.3 Å². The molecule has 3 aliphatic heterocycles. The van der Waals surface area contributed by atoms with Gasteiger partial charge in [0.1, 0.15) is 6.33 Å². The predicted molar refractivity (Wildman–Crippen MR) is 87.5 cm³/mol. The summed E-state index contributed by atoms with van der Waals surface area (Å²) in [6, 6.07) is 1.45. The highest BCUT2D eigenvalue weighted by atomic mass is 35.5. The number of aryl methyl sites for hydroxylation is 1. The maximum atomic E-state index is 14.5. The van der Waals surface area contributed by atoms with Crippen molar-refractivity contribution in [3.8, 4) is 0 Å². The Balaban J connectivity index is 1.57. The van der Waals surface area contributed by atoms with Crippen molar-refractivity contribution in [2.45, 2.75) is 31.8 Å². The first kappa shape index (κ1) is 15.5. The van der Waals surface area contributed by atoms with Gasteiger partial charge in [-0.1, -0.05) is 18.5 Å². The average molecular weight is 352 g/mol. The number of anilines is 2. The molecular weight excluding hydrogens is 336 g/mol. The van der Waals surface area contributed by atoms with Gasteiger partial charge in [0, 0.05) is 19.3 Å². The lowest BCUT2D eigenvalue weighted by Gasteiger charge is -2.57. The first-order valence-electron chi connectivity index (χ1n) is 7.92. The highest BCUT2D eigenvalue weighted by molar-refractivity contribution is 6.30. The van der Waals surface area contributed by atoms with Crippen LogP contribution in [0.2, 0.25) is 5.02 Å². The molecular formula is C16H16ClF2N5. The lowest BCUT2D eigenvalue weighted by atomic mass is 9.87. The summed E-state index contributed by atoms with van der Waals surface area (Å²) in [6.45, 7) is 3.02. The van der Waals surface area contributed by atoms with Gasteiger partial charge in [-0.15, -0.1) is 0 Å². The van der Waals surface area contributed by atoms with Crippen LogP contribution in [0.5, 0.6) is 0 Å². The molecule has 8 heteroatoms. The molecule has 0 amide bonds. The van der Waals surface area contributed by atoms with Gasteiger partial charge in [-0.25, -0.2) is 23.7 Å². The van der Waals surface area contributed by atoms with E-state index in [1.54, 1.807) is 0 Å². The van der Waals surface area contributed by atoms with E-state index < -0.39 is 5.82 Å². The second-order valence-electron chi connectivity index (χ2n) is 6.13. The lowest BCUT2D eigenvalue weighted by Crippen LogP contribution is -2.69. The summed E-state index contributed by atoms with van der Waals surface area (Å²) in [6.07, 6.45) is 4.31. The van der Waals surface area contributed by atoms with E-state index in [9.17, 15) is 8.78 Å². The topological polar surface area (TPSA) is 45.2 Å².